The first kappa shape index (κ1) is 18.7. The van der Waals surface area contributed by atoms with Crippen LogP contribution in [0, 0.1) is 0 Å². The first-order valence-corrected chi connectivity index (χ1v) is 8.98. The fourth-order valence-electron chi connectivity index (χ4n) is 1.65. The lowest BCUT2D eigenvalue weighted by Crippen LogP contribution is -2.32. The lowest BCUT2D eigenvalue weighted by Gasteiger charge is -2.10. The van der Waals surface area contributed by atoms with E-state index in [1.165, 1.54) is 18.2 Å². The molecule has 0 spiro atoms. The van der Waals surface area contributed by atoms with Crippen molar-refractivity contribution in [1.82, 2.24) is 4.72 Å². The van der Waals surface area contributed by atoms with Gasteiger partial charge >= 0.3 is 6.18 Å². The lowest BCUT2D eigenvalue weighted by atomic mass is 10.2. The highest BCUT2D eigenvalue weighted by atomic mass is 35.5. The SMILES string of the molecule is O=C(CNS(=O)(=O)c1ccc(Cl)s1)Nc1cccc(C(F)(F)F)c1. The van der Waals surface area contributed by atoms with Crippen LogP contribution in [0.15, 0.2) is 40.6 Å². The van der Waals surface area contributed by atoms with Crippen molar-refractivity contribution in [1.29, 1.82) is 0 Å². The molecule has 0 radical (unpaired) electrons. The molecule has 1 amide bonds. The van der Waals surface area contributed by atoms with Crippen LogP contribution >= 0.6 is 22.9 Å². The van der Waals surface area contributed by atoms with E-state index in [1.807, 2.05) is 4.72 Å². The van der Waals surface area contributed by atoms with E-state index in [0.717, 1.165) is 29.5 Å². The fraction of sp³-hybridized carbons (Fsp3) is 0.154. The minimum atomic E-state index is -4.54. The van der Waals surface area contributed by atoms with Gasteiger partial charge in [0.15, 0.2) is 0 Å². The van der Waals surface area contributed by atoms with Crippen LogP contribution in [-0.4, -0.2) is 20.9 Å². The van der Waals surface area contributed by atoms with Gasteiger partial charge in [-0.25, -0.2) is 13.1 Å². The van der Waals surface area contributed by atoms with Crippen molar-refractivity contribution in [2.45, 2.75) is 10.4 Å². The minimum Gasteiger partial charge on any atom is -0.325 e. The molecule has 0 aliphatic heterocycles. The highest BCUT2D eigenvalue weighted by Gasteiger charge is 2.30. The zero-order valence-corrected chi connectivity index (χ0v) is 14.1. The minimum absolute atomic E-state index is 0.0700. The Bertz CT molecular complexity index is 850. The molecular formula is C13H10ClF3N2O3S2. The van der Waals surface area contributed by atoms with Crippen molar-refractivity contribution in [2.24, 2.45) is 0 Å². The van der Waals surface area contributed by atoms with Crippen LogP contribution in [0.4, 0.5) is 18.9 Å². The second-order valence-corrected chi connectivity index (χ2v) is 8.22. The Morgan fingerprint density at radius 2 is 1.92 bits per heavy atom. The van der Waals surface area contributed by atoms with Gasteiger partial charge in [-0.2, -0.15) is 13.2 Å². The number of hydrogen-bond acceptors (Lipinski definition) is 4. The number of nitrogens with one attached hydrogen (secondary N) is 2. The summed E-state index contributed by atoms with van der Waals surface area (Å²) in [6, 6.07) is 6.69. The van der Waals surface area contributed by atoms with E-state index in [0.29, 0.717) is 0 Å². The summed E-state index contributed by atoms with van der Waals surface area (Å²) in [5, 5.41) is 2.20. The Labute approximate surface area is 144 Å². The number of carbonyl (C=O) groups is 1. The third-order valence-corrected chi connectivity index (χ3v) is 5.83. The standard InChI is InChI=1S/C13H10ClF3N2O3S2/c14-10-4-5-12(23-10)24(21,22)18-7-11(20)19-9-3-1-2-8(6-9)13(15,16)17/h1-6,18H,7H2,(H,19,20). The van der Waals surface area contributed by atoms with Gasteiger partial charge in [0, 0.05) is 5.69 Å². The molecule has 2 aromatic rings. The van der Waals surface area contributed by atoms with Crippen LogP contribution in [0.3, 0.4) is 0 Å². The van der Waals surface area contributed by atoms with Gasteiger partial charge in [0.05, 0.1) is 16.4 Å². The Morgan fingerprint density at radius 3 is 2.50 bits per heavy atom. The maximum Gasteiger partial charge on any atom is 0.416 e. The van der Waals surface area contributed by atoms with Crippen LogP contribution in [0.2, 0.25) is 4.34 Å². The van der Waals surface area contributed by atoms with Crippen LogP contribution in [0.5, 0.6) is 0 Å². The molecule has 130 valence electrons. The molecule has 2 N–H and O–H groups in total. The summed E-state index contributed by atoms with van der Waals surface area (Å²) in [7, 11) is -3.91. The van der Waals surface area contributed by atoms with Gasteiger partial charge in [-0.1, -0.05) is 17.7 Å². The number of carbonyl (C=O) groups excluding carboxylic acids is 1. The summed E-state index contributed by atoms with van der Waals surface area (Å²) in [5.41, 5.74) is -1.01. The molecule has 24 heavy (non-hydrogen) atoms. The average Bonchev–Trinajstić information content (AvgIpc) is 2.92. The van der Waals surface area contributed by atoms with Crippen LogP contribution in [-0.2, 0) is 21.0 Å². The van der Waals surface area contributed by atoms with E-state index in [-0.39, 0.29) is 14.2 Å². The molecule has 0 unspecified atom stereocenters. The second-order valence-electron chi connectivity index (χ2n) is 4.51. The van der Waals surface area contributed by atoms with Gasteiger partial charge in [-0.15, -0.1) is 11.3 Å². The Balaban J connectivity index is 1.99. The molecule has 1 heterocycles. The number of sulfonamides is 1. The van der Waals surface area contributed by atoms with Gasteiger partial charge in [-0.3, -0.25) is 4.79 Å². The number of alkyl halides is 3. The van der Waals surface area contributed by atoms with Gasteiger partial charge < -0.3 is 5.32 Å². The van der Waals surface area contributed by atoms with Crippen molar-refractivity contribution in [3.8, 4) is 0 Å². The molecule has 0 aliphatic carbocycles. The number of benzene rings is 1. The first-order chi connectivity index (χ1) is 11.1. The summed E-state index contributed by atoms with van der Waals surface area (Å²) in [6.07, 6.45) is -4.54. The zero-order chi connectivity index (χ0) is 18.0. The highest BCUT2D eigenvalue weighted by molar-refractivity contribution is 7.91. The van der Waals surface area contributed by atoms with Gasteiger partial charge in [0.1, 0.15) is 4.21 Å². The van der Waals surface area contributed by atoms with Crippen molar-refractivity contribution >= 4 is 44.6 Å². The van der Waals surface area contributed by atoms with Crippen LogP contribution in [0.25, 0.3) is 0 Å². The van der Waals surface area contributed by atoms with Gasteiger partial charge in [0.2, 0.25) is 5.91 Å². The largest absolute Gasteiger partial charge is 0.416 e. The fourth-order valence-corrected chi connectivity index (χ4v) is 4.16. The Hall–Kier alpha value is -1.62. The molecule has 0 fully saturated rings. The molecule has 0 bridgehead atoms. The normalized spacial score (nSPS) is 12.2. The Kier molecular flexibility index (Phi) is 5.53. The monoisotopic (exact) mass is 398 g/mol. The molecule has 2 rings (SSSR count). The van der Waals surface area contributed by atoms with E-state index in [2.05, 4.69) is 5.32 Å². The molecular weight excluding hydrogens is 389 g/mol. The van der Waals surface area contributed by atoms with Crippen LogP contribution in [0.1, 0.15) is 5.56 Å². The maximum atomic E-state index is 12.6. The zero-order valence-electron chi connectivity index (χ0n) is 11.7. The van der Waals surface area contributed by atoms with E-state index in [1.54, 1.807) is 0 Å². The smallest absolute Gasteiger partial charge is 0.325 e. The van der Waals surface area contributed by atoms with E-state index >= 15 is 0 Å². The molecule has 5 nitrogen and oxygen atoms in total. The number of hydrogen-bond donors (Lipinski definition) is 2. The highest BCUT2D eigenvalue weighted by Crippen LogP contribution is 2.30. The molecule has 0 saturated heterocycles. The predicted molar refractivity (Wildman–Crippen MR) is 84.6 cm³/mol. The topological polar surface area (TPSA) is 75.3 Å². The molecule has 1 aromatic carbocycles. The lowest BCUT2D eigenvalue weighted by molar-refractivity contribution is -0.137. The molecule has 11 heteroatoms. The Morgan fingerprint density at radius 1 is 1.21 bits per heavy atom. The van der Waals surface area contributed by atoms with Crippen molar-refractivity contribution in [3.05, 3.63) is 46.3 Å². The summed E-state index contributed by atoms with van der Waals surface area (Å²) in [6.45, 7) is -0.631. The maximum absolute atomic E-state index is 12.6. The van der Waals surface area contributed by atoms with Gasteiger partial charge in [0.25, 0.3) is 10.0 Å². The third-order valence-electron chi connectivity index (χ3n) is 2.71. The first-order valence-electron chi connectivity index (χ1n) is 6.30. The molecule has 0 saturated carbocycles. The summed E-state index contributed by atoms with van der Waals surface area (Å²) in [4.78, 5) is 11.7. The quantitative estimate of drug-likeness (QED) is 0.811. The molecule has 0 atom stereocenters. The summed E-state index contributed by atoms with van der Waals surface area (Å²) < 4.78 is 63.8. The molecule has 0 aliphatic rings. The summed E-state index contributed by atoms with van der Waals surface area (Å²) >= 11 is 6.46. The van der Waals surface area contributed by atoms with Crippen LogP contribution < -0.4 is 10.0 Å². The van der Waals surface area contributed by atoms with Gasteiger partial charge in [-0.05, 0) is 30.3 Å². The van der Waals surface area contributed by atoms with Crippen molar-refractivity contribution in [3.63, 3.8) is 0 Å². The average molecular weight is 399 g/mol. The van der Waals surface area contributed by atoms with E-state index in [4.69, 9.17) is 11.6 Å². The van der Waals surface area contributed by atoms with E-state index < -0.39 is 34.2 Å². The number of anilines is 1. The summed E-state index contributed by atoms with van der Waals surface area (Å²) in [5.74, 6) is -0.805. The second kappa shape index (κ2) is 7.09. The van der Waals surface area contributed by atoms with Crippen molar-refractivity contribution in [2.75, 3.05) is 11.9 Å². The third kappa shape index (κ3) is 4.94. The van der Waals surface area contributed by atoms with Crippen molar-refractivity contribution < 1.29 is 26.4 Å². The molecule has 1 aromatic heterocycles. The number of halogens is 4. The number of rotatable bonds is 5. The number of amides is 1. The predicted octanol–water partition coefficient (Wildman–Crippen LogP) is 3.34. The number of thiophene rings is 1. The van der Waals surface area contributed by atoms with E-state index in [9.17, 15) is 26.4 Å².